The summed E-state index contributed by atoms with van der Waals surface area (Å²) in [4.78, 5) is 16.1. The van der Waals surface area contributed by atoms with Gasteiger partial charge in [-0.05, 0) is 32.2 Å². The molecule has 1 aromatic heterocycles. The maximum Gasteiger partial charge on any atom is 0.345 e. The summed E-state index contributed by atoms with van der Waals surface area (Å²) in [7, 11) is 2.04. The van der Waals surface area contributed by atoms with Gasteiger partial charge in [0.1, 0.15) is 6.20 Å². The summed E-state index contributed by atoms with van der Waals surface area (Å²) in [6.07, 6.45) is 1.28. The van der Waals surface area contributed by atoms with Gasteiger partial charge in [-0.2, -0.15) is 0 Å². The van der Waals surface area contributed by atoms with Crippen molar-refractivity contribution >= 4 is 21.5 Å². The summed E-state index contributed by atoms with van der Waals surface area (Å²) in [5, 5.41) is 14.2. The molecule has 0 aliphatic heterocycles. The lowest BCUT2D eigenvalue weighted by Crippen LogP contribution is -2.31. The number of rotatable bonds is 6. The Hall–Kier alpha value is -1.21. The van der Waals surface area contributed by atoms with Gasteiger partial charge in [-0.15, -0.1) is 0 Å². The average Bonchev–Trinajstić information content (AvgIpc) is 2.66. The molecule has 0 atom stereocenters. The van der Waals surface area contributed by atoms with Crippen LogP contribution in [0.5, 0.6) is 0 Å². The van der Waals surface area contributed by atoms with Crippen molar-refractivity contribution in [2.75, 3.05) is 25.5 Å². The van der Waals surface area contributed by atoms with Crippen molar-refractivity contribution < 1.29 is 4.92 Å². The lowest BCUT2D eigenvalue weighted by Gasteiger charge is -2.20. The first-order valence-corrected chi connectivity index (χ1v) is 5.86. The quantitative estimate of drug-likeness (QED) is 0.610. The standard InChI is InChI=1S/C9H16N4O2S/c1-7(2)12(3)5-4-10-9-11-6-8(16-9)13(14)15/h6-7H,4-5H2,1-3H3,(H,10,11). The summed E-state index contributed by atoms with van der Waals surface area (Å²) in [6, 6.07) is 0.493. The lowest BCUT2D eigenvalue weighted by atomic mass is 10.3. The van der Waals surface area contributed by atoms with Crippen LogP contribution in [-0.2, 0) is 0 Å². The smallest absolute Gasteiger partial charge is 0.345 e. The highest BCUT2D eigenvalue weighted by Crippen LogP contribution is 2.24. The van der Waals surface area contributed by atoms with E-state index in [0.717, 1.165) is 24.4 Å². The Balaban J connectivity index is 2.35. The molecule has 0 saturated heterocycles. The van der Waals surface area contributed by atoms with Gasteiger partial charge in [-0.1, -0.05) is 0 Å². The molecular weight excluding hydrogens is 228 g/mol. The van der Waals surface area contributed by atoms with Crippen LogP contribution in [0.3, 0.4) is 0 Å². The number of aromatic nitrogens is 1. The number of anilines is 1. The van der Waals surface area contributed by atoms with Crippen molar-refractivity contribution in [3.63, 3.8) is 0 Å². The molecule has 1 rings (SSSR count). The molecule has 6 nitrogen and oxygen atoms in total. The number of hydrogen-bond acceptors (Lipinski definition) is 6. The predicted molar refractivity (Wildman–Crippen MR) is 65.0 cm³/mol. The number of nitrogens with one attached hydrogen (secondary N) is 1. The molecule has 7 heteroatoms. The molecule has 16 heavy (non-hydrogen) atoms. The second-order valence-corrected chi connectivity index (χ2v) is 4.77. The molecule has 1 aromatic rings. The molecule has 1 heterocycles. The van der Waals surface area contributed by atoms with Crippen LogP contribution < -0.4 is 5.32 Å². The minimum atomic E-state index is -0.427. The van der Waals surface area contributed by atoms with E-state index in [9.17, 15) is 10.1 Å². The molecule has 0 amide bonds. The molecule has 0 saturated carbocycles. The van der Waals surface area contributed by atoms with Gasteiger partial charge in [0.2, 0.25) is 0 Å². The van der Waals surface area contributed by atoms with E-state index >= 15 is 0 Å². The Morgan fingerprint density at radius 2 is 2.38 bits per heavy atom. The maximum atomic E-state index is 10.4. The summed E-state index contributed by atoms with van der Waals surface area (Å²) in [5.74, 6) is 0. The molecule has 0 radical (unpaired) electrons. The first kappa shape index (κ1) is 12.9. The van der Waals surface area contributed by atoms with E-state index in [1.54, 1.807) is 0 Å². The van der Waals surface area contributed by atoms with Crippen LogP contribution in [0.15, 0.2) is 6.20 Å². The fourth-order valence-corrected chi connectivity index (χ4v) is 1.69. The number of nitro groups is 1. The van der Waals surface area contributed by atoms with Gasteiger partial charge in [-0.25, -0.2) is 4.98 Å². The van der Waals surface area contributed by atoms with E-state index in [2.05, 4.69) is 29.0 Å². The van der Waals surface area contributed by atoms with Crippen molar-refractivity contribution in [1.29, 1.82) is 0 Å². The molecule has 0 unspecified atom stereocenters. The van der Waals surface area contributed by atoms with Crippen LogP contribution in [0, 0.1) is 10.1 Å². The summed E-state index contributed by atoms with van der Waals surface area (Å²) >= 11 is 1.06. The van der Waals surface area contributed by atoms with Gasteiger partial charge < -0.3 is 10.2 Å². The Morgan fingerprint density at radius 3 is 2.88 bits per heavy atom. The summed E-state index contributed by atoms with van der Waals surface area (Å²) in [5.41, 5.74) is 0. The normalized spacial score (nSPS) is 11.1. The molecule has 0 aliphatic carbocycles. The van der Waals surface area contributed by atoms with Crippen molar-refractivity contribution in [1.82, 2.24) is 9.88 Å². The Labute approximate surface area is 98.4 Å². The Kier molecular flexibility index (Phi) is 4.63. The monoisotopic (exact) mass is 244 g/mol. The number of hydrogen-bond donors (Lipinski definition) is 1. The highest BCUT2D eigenvalue weighted by atomic mass is 32.1. The summed E-state index contributed by atoms with van der Waals surface area (Å²) < 4.78 is 0. The zero-order chi connectivity index (χ0) is 12.1. The minimum absolute atomic E-state index is 0.0692. The Morgan fingerprint density at radius 1 is 1.69 bits per heavy atom. The van der Waals surface area contributed by atoms with Crippen LogP contribution in [0.2, 0.25) is 0 Å². The zero-order valence-corrected chi connectivity index (χ0v) is 10.5. The van der Waals surface area contributed by atoms with E-state index in [4.69, 9.17) is 0 Å². The average molecular weight is 244 g/mol. The molecule has 0 fully saturated rings. The van der Waals surface area contributed by atoms with Crippen molar-refractivity contribution in [3.8, 4) is 0 Å². The largest absolute Gasteiger partial charge is 0.360 e. The molecule has 0 aromatic carbocycles. The molecule has 1 N–H and O–H groups in total. The predicted octanol–water partition coefficient (Wildman–Crippen LogP) is 1.80. The van der Waals surface area contributed by atoms with E-state index in [1.165, 1.54) is 6.20 Å². The highest BCUT2D eigenvalue weighted by molar-refractivity contribution is 7.18. The van der Waals surface area contributed by atoms with E-state index in [1.807, 2.05) is 7.05 Å². The van der Waals surface area contributed by atoms with E-state index < -0.39 is 4.92 Å². The number of nitrogens with zero attached hydrogens (tertiary/aromatic N) is 3. The third-order valence-corrected chi connectivity index (χ3v) is 3.20. The number of likely N-dealkylation sites (N-methyl/N-ethyl adjacent to an activating group) is 1. The van der Waals surface area contributed by atoms with E-state index in [0.29, 0.717) is 11.2 Å². The van der Waals surface area contributed by atoms with Crippen LogP contribution in [0.25, 0.3) is 0 Å². The zero-order valence-electron chi connectivity index (χ0n) is 9.64. The first-order chi connectivity index (χ1) is 7.50. The van der Waals surface area contributed by atoms with E-state index in [-0.39, 0.29) is 5.00 Å². The molecule has 0 spiro atoms. The number of thiazole rings is 1. The van der Waals surface area contributed by atoms with Crippen molar-refractivity contribution in [2.45, 2.75) is 19.9 Å². The van der Waals surface area contributed by atoms with Crippen LogP contribution in [0.1, 0.15) is 13.8 Å². The van der Waals surface area contributed by atoms with Crippen molar-refractivity contribution in [3.05, 3.63) is 16.3 Å². The Bertz CT molecular complexity index is 353. The topological polar surface area (TPSA) is 71.3 Å². The fourth-order valence-electron chi connectivity index (χ4n) is 1.03. The summed E-state index contributed by atoms with van der Waals surface area (Å²) in [6.45, 7) is 5.85. The highest BCUT2D eigenvalue weighted by Gasteiger charge is 2.11. The van der Waals surface area contributed by atoms with Crippen LogP contribution >= 0.6 is 11.3 Å². The van der Waals surface area contributed by atoms with Gasteiger partial charge in [0.25, 0.3) is 0 Å². The van der Waals surface area contributed by atoms with Gasteiger partial charge in [0.05, 0.1) is 4.92 Å². The third kappa shape index (κ3) is 3.74. The van der Waals surface area contributed by atoms with Crippen molar-refractivity contribution in [2.24, 2.45) is 0 Å². The molecule has 0 bridgehead atoms. The fraction of sp³-hybridized carbons (Fsp3) is 0.667. The van der Waals surface area contributed by atoms with Gasteiger partial charge in [-0.3, -0.25) is 10.1 Å². The minimum Gasteiger partial charge on any atom is -0.360 e. The first-order valence-electron chi connectivity index (χ1n) is 5.05. The maximum absolute atomic E-state index is 10.4. The van der Waals surface area contributed by atoms with Gasteiger partial charge >= 0.3 is 5.00 Å². The third-order valence-electron chi connectivity index (χ3n) is 2.30. The molecule has 0 aliphatic rings. The molecule has 90 valence electrons. The molecular formula is C9H16N4O2S. The van der Waals surface area contributed by atoms with Gasteiger partial charge in [0.15, 0.2) is 5.13 Å². The van der Waals surface area contributed by atoms with Crippen LogP contribution in [0.4, 0.5) is 10.1 Å². The second kappa shape index (κ2) is 5.76. The lowest BCUT2D eigenvalue weighted by molar-refractivity contribution is -0.380. The van der Waals surface area contributed by atoms with Gasteiger partial charge in [0, 0.05) is 19.1 Å². The SMILES string of the molecule is CC(C)N(C)CCNc1ncc([N+](=O)[O-])s1. The van der Waals surface area contributed by atoms with Crippen LogP contribution in [-0.4, -0.2) is 41.0 Å². The second-order valence-electron chi connectivity index (χ2n) is 3.76.